The first-order chi connectivity index (χ1) is 12.1. The average Bonchev–Trinajstić information content (AvgIpc) is 3.07. The Kier molecular flexibility index (Phi) is 3.79. The van der Waals surface area contributed by atoms with Crippen LogP contribution in [-0.2, 0) is 17.6 Å². The van der Waals surface area contributed by atoms with E-state index in [1.165, 1.54) is 23.9 Å². The fourth-order valence-corrected chi connectivity index (χ4v) is 3.28. The van der Waals surface area contributed by atoms with Crippen molar-refractivity contribution in [1.82, 2.24) is 24.5 Å². The van der Waals surface area contributed by atoms with Gasteiger partial charge in [-0.05, 0) is 43.7 Å². The Morgan fingerprint density at radius 1 is 1.24 bits per heavy atom. The number of anilines is 2. The number of hydrogen-bond donors (Lipinski definition) is 2. The van der Waals surface area contributed by atoms with E-state index in [0.29, 0.717) is 17.0 Å². The number of aryl methyl sites for hydroxylation is 1. The molecular formula is C17H19N7O. The summed E-state index contributed by atoms with van der Waals surface area (Å²) in [7, 11) is 0. The molecule has 3 N–H and O–H groups in total. The van der Waals surface area contributed by atoms with Gasteiger partial charge in [-0.1, -0.05) is 0 Å². The lowest BCUT2D eigenvalue weighted by atomic mass is 9.92. The molecule has 128 valence electrons. The highest BCUT2D eigenvalue weighted by Gasteiger charge is 2.21. The van der Waals surface area contributed by atoms with E-state index in [2.05, 4.69) is 25.3 Å². The average molecular weight is 337 g/mol. The number of amides is 1. The summed E-state index contributed by atoms with van der Waals surface area (Å²) in [4.78, 5) is 29.4. The van der Waals surface area contributed by atoms with Gasteiger partial charge in [0.15, 0.2) is 11.5 Å². The Balaban J connectivity index is 1.62. The van der Waals surface area contributed by atoms with Crippen molar-refractivity contribution in [2.75, 3.05) is 11.1 Å². The topological polar surface area (TPSA) is 112 Å². The standard InChI is InChI=1S/C17H19N7O/c1-10(24-9-22-14-15(18)20-8-21-16(14)24)17(25)23-13-7-19-6-11-4-2-3-5-12(11)13/h6-10H,2-5H2,1H3,(H,23,25)(H2,18,20,21). The molecule has 1 unspecified atom stereocenters. The van der Waals surface area contributed by atoms with Crippen LogP contribution < -0.4 is 11.1 Å². The second-order valence-electron chi connectivity index (χ2n) is 6.28. The number of carbonyl (C=O) groups excluding carboxylic acids is 1. The molecule has 1 aliphatic rings. The summed E-state index contributed by atoms with van der Waals surface area (Å²) >= 11 is 0. The smallest absolute Gasteiger partial charge is 0.247 e. The van der Waals surface area contributed by atoms with E-state index in [-0.39, 0.29) is 5.91 Å². The highest BCUT2D eigenvalue weighted by atomic mass is 16.2. The zero-order chi connectivity index (χ0) is 17.4. The van der Waals surface area contributed by atoms with E-state index in [1.54, 1.807) is 24.0 Å². The molecule has 0 aromatic carbocycles. The molecule has 0 saturated carbocycles. The van der Waals surface area contributed by atoms with E-state index in [9.17, 15) is 4.79 Å². The minimum absolute atomic E-state index is 0.141. The normalized spacial score (nSPS) is 14.9. The van der Waals surface area contributed by atoms with E-state index >= 15 is 0 Å². The second kappa shape index (κ2) is 6.12. The molecule has 0 radical (unpaired) electrons. The van der Waals surface area contributed by atoms with Crippen LogP contribution in [0.1, 0.15) is 36.9 Å². The number of rotatable bonds is 3. The molecule has 1 aliphatic carbocycles. The van der Waals surface area contributed by atoms with E-state index in [0.717, 1.165) is 24.9 Å². The maximum Gasteiger partial charge on any atom is 0.247 e. The van der Waals surface area contributed by atoms with Crippen LogP contribution in [0.2, 0.25) is 0 Å². The molecule has 1 amide bonds. The number of aromatic nitrogens is 5. The molecule has 8 nitrogen and oxygen atoms in total. The molecule has 3 heterocycles. The molecule has 3 aromatic rings. The van der Waals surface area contributed by atoms with Gasteiger partial charge in [0.05, 0.1) is 18.2 Å². The monoisotopic (exact) mass is 337 g/mol. The number of pyridine rings is 1. The van der Waals surface area contributed by atoms with Crippen molar-refractivity contribution in [3.05, 3.63) is 36.2 Å². The third-order valence-corrected chi connectivity index (χ3v) is 4.71. The molecule has 1 atom stereocenters. The van der Waals surface area contributed by atoms with Crippen molar-refractivity contribution < 1.29 is 4.79 Å². The second-order valence-corrected chi connectivity index (χ2v) is 6.28. The van der Waals surface area contributed by atoms with E-state index < -0.39 is 6.04 Å². The van der Waals surface area contributed by atoms with Gasteiger partial charge in [-0.2, -0.15) is 0 Å². The van der Waals surface area contributed by atoms with Gasteiger partial charge < -0.3 is 15.6 Å². The number of hydrogen-bond acceptors (Lipinski definition) is 6. The van der Waals surface area contributed by atoms with Gasteiger partial charge in [-0.15, -0.1) is 0 Å². The van der Waals surface area contributed by atoms with Crippen LogP contribution in [0.4, 0.5) is 11.5 Å². The predicted octanol–water partition coefficient (Wildman–Crippen LogP) is 1.88. The molecule has 0 fully saturated rings. The molecule has 0 spiro atoms. The third kappa shape index (κ3) is 2.69. The van der Waals surface area contributed by atoms with Crippen LogP contribution in [0, 0.1) is 0 Å². The number of nitrogens with two attached hydrogens (primary N) is 1. The largest absolute Gasteiger partial charge is 0.382 e. The van der Waals surface area contributed by atoms with Crippen LogP contribution in [0.15, 0.2) is 25.0 Å². The highest BCUT2D eigenvalue weighted by Crippen LogP contribution is 2.27. The van der Waals surface area contributed by atoms with Gasteiger partial charge in [-0.3, -0.25) is 9.78 Å². The Morgan fingerprint density at radius 3 is 2.96 bits per heavy atom. The fraction of sp³-hybridized carbons (Fsp3) is 0.353. The zero-order valence-corrected chi connectivity index (χ0v) is 13.9. The van der Waals surface area contributed by atoms with E-state index in [4.69, 9.17) is 5.73 Å². The van der Waals surface area contributed by atoms with Crippen molar-refractivity contribution in [2.45, 2.75) is 38.6 Å². The molecular weight excluding hydrogens is 318 g/mol. The summed E-state index contributed by atoms with van der Waals surface area (Å²) in [6.45, 7) is 1.80. The lowest BCUT2D eigenvalue weighted by Gasteiger charge is -2.20. The van der Waals surface area contributed by atoms with Gasteiger partial charge in [0.25, 0.3) is 0 Å². The summed E-state index contributed by atoms with van der Waals surface area (Å²) in [5, 5.41) is 3.01. The van der Waals surface area contributed by atoms with Gasteiger partial charge in [0.2, 0.25) is 5.91 Å². The number of nitrogen functional groups attached to an aromatic ring is 1. The van der Waals surface area contributed by atoms with Gasteiger partial charge in [0.1, 0.15) is 17.9 Å². The summed E-state index contributed by atoms with van der Waals surface area (Å²) in [6.07, 6.45) is 10.9. The fourth-order valence-electron chi connectivity index (χ4n) is 3.28. The first kappa shape index (κ1) is 15.5. The lowest BCUT2D eigenvalue weighted by Crippen LogP contribution is -2.24. The molecule has 8 heteroatoms. The SMILES string of the molecule is CC(C(=O)Nc1cncc2c1CCCC2)n1cnc2c(N)ncnc21. The van der Waals surface area contributed by atoms with Crippen molar-refractivity contribution >= 4 is 28.6 Å². The van der Waals surface area contributed by atoms with Crippen LogP contribution in [-0.4, -0.2) is 30.4 Å². The zero-order valence-electron chi connectivity index (χ0n) is 13.9. The van der Waals surface area contributed by atoms with Crippen molar-refractivity contribution in [2.24, 2.45) is 0 Å². The quantitative estimate of drug-likeness (QED) is 0.755. The summed E-state index contributed by atoms with van der Waals surface area (Å²) in [6, 6.07) is -0.487. The first-order valence-electron chi connectivity index (χ1n) is 8.35. The third-order valence-electron chi connectivity index (χ3n) is 4.71. The Bertz CT molecular complexity index is 949. The molecule has 0 saturated heterocycles. The minimum atomic E-state index is -0.487. The van der Waals surface area contributed by atoms with Crippen LogP contribution in [0.25, 0.3) is 11.2 Å². The maximum absolute atomic E-state index is 12.8. The van der Waals surface area contributed by atoms with Gasteiger partial charge in [0, 0.05) is 6.20 Å². The summed E-state index contributed by atoms with van der Waals surface area (Å²) < 4.78 is 1.70. The van der Waals surface area contributed by atoms with Crippen LogP contribution in [0.5, 0.6) is 0 Å². The highest BCUT2D eigenvalue weighted by molar-refractivity contribution is 5.95. The predicted molar refractivity (Wildman–Crippen MR) is 94.0 cm³/mol. The summed E-state index contributed by atoms with van der Waals surface area (Å²) in [5.41, 5.74) is 10.1. The summed E-state index contributed by atoms with van der Waals surface area (Å²) in [5.74, 6) is 0.162. The molecule has 4 rings (SSSR count). The minimum Gasteiger partial charge on any atom is -0.382 e. The van der Waals surface area contributed by atoms with Crippen LogP contribution >= 0.6 is 0 Å². The molecule has 0 aliphatic heterocycles. The molecule has 3 aromatic heterocycles. The number of nitrogens with one attached hydrogen (secondary N) is 1. The first-order valence-corrected chi connectivity index (χ1v) is 8.35. The number of carbonyl (C=O) groups is 1. The van der Waals surface area contributed by atoms with Gasteiger partial charge >= 0.3 is 0 Å². The molecule has 25 heavy (non-hydrogen) atoms. The van der Waals surface area contributed by atoms with Crippen molar-refractivity contribution in [3.8, 4) is 0 Å². The Hall–Kier alpha value is -3.03. The number of fused-ring (bicyclic) bond motifs is 2. The van der Waals surface area contributed by atoms with Crippen molar-refractivity contribution in [3.63, 3.8) is 0 Å². The van der Waals surface area contributed by atoms with Crippen molar-refractivity contribution in [1.29, 1.82) is 0 Å². The molecule has 0 bridgehead atoms. The Morgan fingerprint density at radius 2 is 2.08 bits per heavy atom. The lowest BCUT2D eigenvalue weighted by molar-refractivity contribution is -0.118. The number of nitrogens with zero attached hydrogens (tertiary/aromatic N) is 5. The van der Waals surface area contributed by atoms with Crippen LogP contribution in [0.3, 0.4) is 0 Å². The van der Waals surface area contributed by atoms with E-state index in [1.807, 2.05) is 6.20 Å². The maximum atomic E-state index is 12.8. The number of imidazole rings is 1. The Labute approximate surface area is 144 Å². The van der Waals surface area contributed by atoms with Gasteiger partial charge in [-0.25, -0.2) is 15.0 Å².